The number of rotatable bonds is 5. The summed E-state index contributed by atoms with van der Waals surface area (Å²) in [7, 11) is 0. The van der Waals surface area contributed by atoms with E-state index in [0.717, 1.165) is 25.9 Å². The van der Waals surface area contributed by atoms with Gasteiger partial charge >= 0.3 is 0 Å². The third-order valence-corrected chi connectivity index (χ3v) is 2.35. The van der Waals surface area contributed by atoms with Gasteiger partial charge in [0.2, 0.25) is 0 Å². The van der Waals surface area contributed by atoms with E-state index in [9.17, 15) is 4.79 Å². The third-order valence-electron chi connectivity index (χ3n) is 2.35. The number of allylic oxidation sites excluding steroid dienone is 1. The molecule has 1 aliphatic rings. The summed E-state index contributed by atoms with van der Waals surface area (Å²) < 4.78 is 0. The minimum atomic E-state index is 0.443. The summed E-state index contributed by atoms with van der Waals surface area (Å²) in [5, 5.41) is 3.36. The summed E-state index contributed by atoms with van der Waals surface area (Å²) in [6, 6.07) is 0.500. The molecule has 0 amide bonds. The minimum absolute atomic E-state index is 0.443. The van der Waals surface area contributed by atoms with E-state index in [-0.39, 0.29) is 0 Å². The second-order valence-corrected chi connectivity index (χ2v) is 3.81. The molecule has 0 bridgehead atoms. The zero-order chi connectivity index (χ0) is 11.8. The largest absolute Gasteiger partial charge is 0.312 e. The zero-order valence-electron chi connectivity index (χ0n) is 9.59. The molecule has 0 aromatic rings. The maximum absolute atomic E-state index is 10.6. The lowest BCUT2D eigenvalue weighted by Gasteiger charge is -2.30. The number of carbonyl (C=O) groups is 1. The average Bonchev–Trinajstić information content (AvgIpc) is 2.28. The Hall–Kier alpha value is -1.33. The number of piperazine rings is 1. The number of aldehydes is 1. The normalized spacial score (nSPS) is 23.6. The van der Waals surface area contributed by atoms with Crippen molar-refractivity contribution in [3.8, 4) is 0 Å². The molecule has 5 heteroatoms. The zero-order valence-corrected chi connectivity index (χ0v) is 9.59. The Morgan fingerprint density at radius 2 is 2.50 bits per heavy atom. The first-order valence-electron chi connectivity index (χ1n) is 5.33. The lowest BCUT2D eigenvalue weighted by molar-refractivity contribution is -0.104. The summed E-state index contributed by atoms with van der Waals surface area (Å²) >= 11 is 0. The van der Waals surface area contributed by atoms with Gasteiger partial charge in [0.25, 0.3) is 0 Å². The molecule has 0 saturated carbocycles. The Labute approximate surface area is 96.0 Å². The summed E-state index contributed by atoms with van der Waals surface area (Å²) in [5.74, 6) is 0. The molecule has 0 aromatic carbocycles. The van der Waals surface area contributed by atoms with Gasteiger partial charge in [-0.05, 0) is 13.6 Å². The average molecular weight is 222 g/mol. The predicted molar refractivity (Wildman–Crippen MR) is 66.1 cm³/mol. The monoisotopic (exact) mass is 222 g/mol. The van der Waals surface area contributed by atoms with Crippen LogP contribution < -0.4 is 5.32 Å². The maximum Gasteiger partial charge on any atom is 0.153 e. The van der Waals surface area contributed by atoms with E-state index >= 15 is 0 Å². The van der Waals surface area contributed by atoms with Crippen LogP contribution in [0, 0.1) is 0 Å². The van der Waals surface area contributed by atoms with Gasteiger partial charge < -0.3 is 5.32 Å². The van der Waals surface area contributed by atoms with Crippen LogP contribution in [0.5, 0.6) is 0 Å². The summed E-state index contributed by atoms with van der Waals surface area (Å²) in [6.45, 7) is 9.02. The van der Waals surface area contributed by atoms with Crippen molar-refractivity contribution in [3.05, 3.63) is 11.8 Å². The summed E-state index contributed by atoms with van der Waals surface area (Å²) in [4.78, 5) is 20.5. The Balaban J connectivity index is 2.37. The molecule has 1 atom stereocenters. The number of hydrogen-bond donors (Lipinski definition) is 1. The van der Waals surface area contributed by atoms with E-state index in [4.69, 9.17) is 0 Å². The van der Waals surface area contributed by atoms with E-state index in [1.54, 1.807) is 0 Å². The fourth-order valence-electron chi connectivity index (χ4n) is 1.60. The number of carbonyl (C=O) groups excluding carboxylic acids is 1. The lowest BCUT2D eigenvalue weighted by Crippen LogP contribution is -2.49. The van der Waals surface area contributed by atoms with Crippen molar-refractivity contribution in [2.75, 3.05) is 26.3 Å². The van der Waals surface area contributed by atoms with E-state index in [2.05, 4.69) is 33.8 Å². The van der Waals surface area contributed by atoms with Gasteiger partial charge in [-0.3, -0.25) is 19.7 Å². The number of nitrogens with one attached hydrogen (secondary N) is 1. The molecule has 1 saturated heterocycles. The number of hydrogen-bond acceptors (Lipinski definition) is 5. The first kappa shape index (κ1) is 12.7. The lowest BCUT2D eigenvalue weighted by atomic mass is 10.2. The van der Waals surface area contributed by atoms with Gasteiger partial charge in [0.1, 0.15) is 0 Å². The van der Waals surface area contributed by atoms with Crippen molar-refractivity contribution in [3.63, 3.8) is 0 Å². The molecule has 1 fully saturated rings. The number of nitrogens with zero attached hydrogens (tertiary/aromatic N) is 3. The molecular weight excluding hydrogens is 204 g/mol. The first-order chi connectivity index (χ1) is 7.76. The van der Waals surface area contributed by atoms with Crippen molar-refractivity contribution >= 4 is 19.2 Å². The van der Waals surface area contributed by atoms with Gasteiger partial charge in [0.15, 0.2) is 6.29 Å². The molecule has 0 aliphatic carbocycles. The Kier molecular flexibility index (Phi) is 5.60. The van der Waals surface area contributed by atoms with Gasteiger partial charge in [-0.25, -0.2) is 0 Å². The van der Waals surface area contributed by atoms with Crippen molar-refractivity contribution in [2.24, 2.45) is 9.98 Å². The van der Waals surface area contributed by atoms with Gasteiger partial charge in [-0.2, -0.15) is 0 Å². The first-order valence-corrected chi connectivity index (χ1v) is 5.33. The van der Waals surface area contributed by atoms with Crippen LogP contribution in [0.2, 0.25) is 0 Å². The highest BCUT2D eigenvalue weighted by Gasteiger charge is 2.13. The smallest absolute Gasteiger partial charge is 0.153 e. The van der Waals surface area contributed by atoms with Crippen LogP contribution in [0.25, 0.3) is 0 Å². The van der Waals surface area contributed by atoms with Crippen molar-refractivity contribution in [1.82, 2.24) is 10.2 Å². The highest BCUT2D eigenvalue weighted by Crippen LogP contribution is 1.98. The topological polar surface area (TPSA) is 57.1 Å². The number of aliphatic imine (C=N–C) groups is 2. The standard InChI is InChI=1S/C11H18N4O/c1-10-7-15(4-3-14-10)9-13-6-11(8-16)5-12-2/h5-6,8,10,14H,2-4,7,9H2,1H3/b11-5+,13-6-/t10-/m1/s1. The molecule has 0 radical (unpaired) electrons. The van der Waals surface area contributed by atoms with E-state index in [0.29, 0.717) is 18.3 Å². The van der Waals surface area contributed by atoms with Gasteiger partial charge in [0.05, 0.1) is 12.2 Å². The quantitative estimate of drug-likeness (QED) is 0.407. The fourth-order valence-corrected chi connectivity index (χ4v) is 1.60. The second-order valence-electron chi connectivity index (χ2n) is 3.81. The molecule has 16 heavy (non-hydrogen) atoms. The van der Waals surface area contributed by atoms with Crippen molar-refractivity contribution in [2.45, 2.75) is 13.0 Å². The second kappa shape index (κ2) is 7.03. The predicted octanol–water partition coefficient (Wildman–Crippen LogP) is 0.0918. The summed E-state index contributed by atoms with van der Waals surface area (Å²) in [5.41, 5.74) is 0.443. The van der Waals surface area contributed by atoms with Crippen LogP contribution in [0.15, 0.2) is 21.8 Å². The summed E-state index contributed by atoms with van der Waals surface area (Å²) in [6.07, 6.45) is 3.66. The van der Waals surface area contributed by atoms with Gasteiger partial charge in [0, 0.05) is 38.1 Å². The maximum atomic E-state index is 10.6. The van der Waals surface area contributed by atoms with Crippen LogP contribution in [-0.4, -0.2) is 56.5 Å². The highest BCUT2D eigenvalue weighted by atomic mass is 16.1. The van der Waals surface area contributed by atoms with Crippen molar-refractivity contribution < 1.29 is 4.79 Å². The van der Waals surface area contributed by atoms with Gasteiger partial charge in [-0.1, -0.05) is 0 Å². The molecular formula is C11H18N4O. The Bertz CT molecular complexity index is 298. The Morgan fingerprint density at radius 1 is 1.69 bits per heavy atom. The minimum Gasteiger partial charge on any atom is -0.312 e. The van der Waals surface area contributed by atoms with Crippen LogP contribution in [-0.2, 0) is 4.79 Å². The molecule has 0 aromatic heterocycles. The van der Waals surface area contributed by atoms with Gasteiger partial charge in [-0.15, -0.1) is 0 Å². The van der Waals surface area contributed by atoms with E-state index in [1.807, 2.05) is 0 Å². The molecule has 0 spiro atoms. The third kappa shape index (κ3) is 4.46. The molecule has 1 aliphatic heterocycles. The van der Waals surface area contributed by atoms with Crippen LogP contribution in [0.4, 0.5) is 0 Å². The molecule has 1 heterocycles. The molecule has 88 valence electrons. The molecule has 0 unspecified atom stereocenters. The molecule has 5 nitrogen and oxygen atoms in total. The Morgan fingerprint density at radius 3 is 3.12 bits per heavy atom. The highest BCUT2D eigenvalue weighted by molar-refractivity contribution is 6.01. The molecule has 1 rings (SSSR count). The molecule has 1 N–H and O–H groups in total. The van der Waals surface area contributed by atoms with Crippen LogP contribution in [0.1, 0.15) is 6.92 Å². The fraction of sp³-hybridized carbons (Fsp3) is 0.545. The van der Waals surface area contributed by atoms with Crippen molar-refractivity contribution in [1.29, 1.82) is 0 Å². The van der Waals surface area contributed by atoms with Crippen LogP contribution in [0.3, 0.4) is 0 Å². The SMILES string of the molecule is C=N/C=C(C=O)\C=N/CN1CCN[C@H](C)C1. The van der Waals surface area contributed by atoms with Crippen LogP contribution >= 0.6 is 0 Å². The van der Waals surface area contributed by atoms with E-state index < -0.39 is 0 Å². The van der Waals surface area contributed by atoms with E-state index in [1.165, 1.54) is 12.4 Å².